The molecule has 6 heteroatoms. The van der Waals surface area contributed by atoms with Crippen LogP contribution in [0.3, 0.4) is 0 Å². The number of nitrogens with zero attached hydrogens (tertiary/aromatic N) is 2. The average Bonchev–Trinajstić information content (AvgIpc) is 3.22. The number of esters is 1. The Labute approximate surface area is 208 Å². The van der Waals surface area contributed by atoms with Crippen molar-refractivity contribution in [2.45, 2.75) is 51.0 Å². The Morgan fingerprint density at radius 2 is 1.76 bits per heavy atom. The van der Waals surface area contributed by atoms with Crippen molar-refractivity contribution in [1.29, 1.82) is 0 Å². The summed E-state index contributed by atoms with van der Waals surface area (Å²) in [6, 6.07) is 22.1. The normalized spacial score (nSPS) is 14.3. The third kappa shape index (κ3) is 5.33. The van der Waals surface area contributed by atoms with Crippen LogP contribution in [0.5, 0.6) is 5.75 Å². The van der Waals surface area contributed by atoms with E-state index in [0.717, 1.165) is 32.8 Å². The second kappa shape index (κ2) is 10.4. The first-order chi connectivity index (χ1) is 16.7. The lowest BCUT2D eigenvalue weighted by Crippen LogP contribution is -2.23. The topological polar surface area (TPSA) is 55.6 Å². The van der Waals surface area contributed by atoms with E-state index in [9.17, 15) is 4.79 Å². The molecule has 174 valence electrons. The molecule has 1 saturated carbocycles. The largest absolute Gasteiger partial charge is 0.427 e. The Hall–Kier alpha value is -3.12. The highest BCUT2D eigenvalue weighted by molar-refractivity contribution is 9.10. The molecule has 1 aliphatic rings. The number of benzene rings is 2. The molecule has 0 saturated heterocycles. The van der Waals surface area contributed by atoms with Crippen LogP contribution < -0.4 is 10.1 Å². The maximum atomic E-state index is 12.3. The summed E-state index contributed by atoms with van der Waals surface area (Å²) in [7, 11) is 0. The summed E-state index contributed by atoms with van der Waals surface area (Å²) < 4.78 is 8.69. The van der Waals surface area contributed by atoms with Gasteiger partial charge in [-0.3, -0.25) is 9.20 Å². The highest BCUT2D eigenvalue weighted by atomic mass is 79.9. The van der Waals surface area contributed by atoms with E-state index in [1.165, 1.54) is 32.1 Å². The van der Waals surface area contributed by atoms with Gasteiger partial charge < -0.3 is 10.1 Å². The first kappa shape index (κ1) is 22.7. The number of aromatic nitrogens is 2. The van der Waals surface area contributed by atoms with Crippen LogP contribution in [0.4, 0.5) is 5.82 Å². The molecule has 2 aromatic heterocycles. The van der Waals surface area contributed by atoms with Crippen molar-refractivity contribution >= 4 is 33.4 Å². The fourth-order valence-electron chi connectivity index (χ4n) is 4.55. The van der Waals surface area contributed by atoms with Crippen LogP contribution in [0.2, 0.25) is 0 Å². The SMILES string of the molecule is O=C(CCc1ccccc1)Oc1ccc(-c2nc3ccc(Br)cn3c2NC2CCCCC2)cc1. The molecule has 0 radical (unpaired) electrons. The number of ether oxygens (including phenoxy) is 1. The summed E-state index contributed by atoms with van der Waals surface area (Å²) in [5.74, 6) is 1.33. The maximum absolute atomic E-state index is 12.3. The van der Waals surface area contributed by atoms with Crippen LogP contribution >= 0.6 is 15.9 Å². The standard InChI is InChI=1S/C28H28BrN3O2/c29-22-14-17-25-31-27(28(32(25)19-22)30-23-9-5-2-6-10-23)21-12-15-24(16-13-21)34-26(33)18-11-20-7-3-1-4-8-20/h1,3-4,7-8,12-17,19,23,30H,2,5-6,9-11,18H2. The lowest BCUT2D eigenvalue weighted by molar-refractivity contribution is -0.134. The monoisotopic (exact) mass is 517 g/mol. The van der Waals surface area contributed by atoms with Crippen LogP contribution in [-0.2, 0) is 11.2 Å². The third-order valence-corrected chi connectivity index (χ3v) is 6.82. The van der Waals surface area contributed by atoms with Gasteiger partial charge in [0.15, 0.2) is 0 Å². The van der Waals surface area contributed by atoms with Gasteiger partial charge in [-0.15, -0.1) is 0 Å². The van der Waals surface area contributed by atoms with Gasteiger partial charge in [-0.05, 0) is 77.2 Å². The summed E-state index contributed by atoms with van der Waals surface area (Å²) in [5.41, 5.74) is 3.92. The second-order valence-corrected chi connectivity index (χ2v) is 9.76. The van der Waals surface area contributed by atoms with Gasteiger partial charge in [0, 0.05) is 28.7 Å². The van der Waals surface area contributed by atoms with Crippen LogP contribution in [0.15, 0.2) is 77.4 Å². The first-order valence-electron chi connectivity index (χ1n) is 11.9. The van der Waals surface area contributed by atoms with E-state index in [1.807, 2.05) is 66.7 Å². The molecule has 34 heavy (non-hydrogen) atoms. The van der Waals surface area contributed by atoms with Crippen LogP contribution in [0.25, 0.3) is 16.9 Å². The lowest BCUT2D eigenvalue weighted by atomic mass is 9.95. The van der Waals surface area contributed by atoms with Crippen molar-refractivity contribution in [3.8, 4) is 17.0 Å². The van der Waals surface area contributed by atoms with Gasteiger partial charge in [-0.25, -0.2) is 4.98 Å². The number of anilines is 1. The van der Waals surface area contributed by atoms with E-state index in [0.29, 0.717) is 24.6 Å². The number of carbonyl (C=O) groups excluding carboxylic acids is 1. The first-order valence-corrected chi connectivity index (χ1v) is 12.7. The van der Waals surface area contributed by atoms with Crippen molar-refractivity contribution in [3.63, 3.8) is 0 Å². The minimum atomic E-state index is -0.228. The fourth-order valence-corrected chi connectivity index (χ4v) is 4.89. The van der Waals surface area contributed by atoms with E-state index < -0.39 is 0 Å². The number of halogens is 1. The number of hydrogen-bond acceptors (Lipinski definition) is 4. The zero-order chi connectivity index (χ0) is 23.3. The molecule has 2 aromatic carbocycles. The van der Waals surface area contributed by atoms with Crippen molar-refractivity contribution < 1.29 is 9.53 Å². The Morgan fingerprint density at radius 3 is 2.53 bits per heavy atom. The smallest absolute Gasteiger partial charge is 0.311 e. The van der Waals surface area contributed by atoms with Crippen molar-refractivity contribution in [2.24, 2.45) is 0 Å². The molecule has 4 aromatic rings. The fraction of sp³-hybridized carbons (Fsp3) is 0.286. The van der Waals surface area contributed by atoms with Gasteiger partial charge in [-0.1, -0.05) is 49.6 Å². The highest BCUT2D eigenvalue weighted by Crippen LogP contribution is 2.33. The number of carbonyl (C=O) groups is 1. The van der Waals surface area contributed by atoms with Gasteiger partial charge in [-0.2, -0.15) is 0 Å². The van der Waals surface area contributed by atoms with Crippen molar-refractivity contribution in [3.05, 3.63) is 83.0 Å². The molecular weight excluding hydrogens is 490 g/mol. The zero-order valence-corrected chi connectivity index (χ0v) is 20.6. The Bertz CT molecular complexity index is 1260. The molecule has 0 atom stereocenters. The predicted octanol–water partition coefficient (Wildman–Crippen LogP) is 7.05. The summed E-state index contributed by atoms with van der Waals surface area (Å²) >= 11 is 3.59. The van der Waals surface area contributed by atoms with Gasteiger partial charge in [0.25, 0.3) is 0 Å². The maximum Gasteiger partial charge on any atom is 0.311 e. The number of rotatable bonds is 7. The molecule has 0 unspecified atom stereocenters. The van der Waals surface area contributed by atoms with Crippen LogP contribution in [0, 0.1) is 0 Å². The molecule has 0 bridgehead atoms. The van der Waals surface area contributed by atoms with Crippen LogP contribution in [-0.4, -0.2) is 21.4 Å². The van der Waals surface area contributed by atoms with Gasteiger partial charge >= 0.3 is 5.97 Å². The molecule has 0 aliphatic heterocycles. The second-order valence-electron chi connectivity index (χ2n) is 8.85. The van der Waals surface area contributed by atoms with E-state index in [2.05, 4.69) is 31.8 Å². The molecule has 2 heterocycles. The predicted molar refractivity (Wildman–Crippen MR) is 139 cm³/mol. The summed E-state index contributed by atoms with van der Waals surface area (Å²) in [6.45, 7) is 0. The number of pyridine rings is 1. The number of nitrogens with one attached hydrogen (secondary N) is 1. The zero-order valence-electron chi connectivity index (χ0n) is 19.0. The molecular formula is C28H28BrN3O2. The third-order valence-electron chi connectivity index (χ3n) is 6.35. The lowest BCUT2D eigenvalue weighted by Gasteiger charge is -2.24. The number of hydrogen-bond donors (Lipinski definition) is 1. The van der Waals surface area contributed by atoms with Gasteiger partial charge in [0.2, 0.25) is 0 Å². The summed E-state index contributed by atoms with van der Waals surface area (Å²) in [4.78, 5) is 17.2. The Kier molecular flexibility index (Phi) is 6.95. The number of imidazole rings is 1. The highest BCUT2D eigenvalue weighted by Gasteiger charge is 2.20. The molecule has 0 spiro atoms. The van der Waals surface area contributed by atoms with Crippen molar-refractivity contribution in [1.82, 2.24) is 9.38 Å². The van der Waals surface area contributed by atoms with Crippen molar-refractivity contribution in [2.75, 3.05) is 5.32 Å². The van der Waals surface area contributed by atoms with E-state index in [4.69, 9.17) is 9.72 Å². The van der Waals surface area contributed by atoms with E-state index in [1.54, 1.807) is 0 Å². The quantitative estimate of drug-likeness (QED) is 0.211. The van der Waals surface area contributed by atoms with E-state index >= 15 is 0 Å². The molecule has 1 N–H and O–H groups in total. The molecule has 0 amide bonds. The molecule has 5 nitrogen and oxygen atoms in total. The molecule has 5 rings (SSSR count). The van der Waals surface area contributed by atoms with Gasteiger partial charge in [0.1, 0.15) is 22.9 Å². The summed E-state index contributed by atoms with van der Waals surface area (Å²) in [5, 5.41) is 3.77. The van der Waals surface area contributed by atoms with Gasteiger partial charge in [0.05, 0.1) is 0 Å². The van der Waals surface area contributed by atoms with Crippen LogP contribution in [0.1, 0.15) is 44.1 Å². The average molecular weight is 518 g/mol. The minimum absolute atomic E-state index is 0.228. The summed E-state index contributed by atoms with van der Waals surface area (Å²) in [6.07, 6.45) is 9.27. The molecule has 1 fully saturated rings. The number of aryl methyl sites for hydroxylation is 1. The molecule has 1 aliphatic carbocycles. The Balaban J connectivity index is 1.34. The minimum Gasteiger partial charge on any atom is -0.427 e. The Morgan fingerprint density at radius 1 is 1.00 bits per heavy atom. The van der Waals surface area contributed by atoms with E-state index in [-0.39, 0.29) is 5.97 Å². The number of fused-ring (bicyclic) bond motifs is 1.